The Kier molecular flexibility index (Phi) is 7.77. The molecule has 28 heavy (non-hydrogen) atoms. The Hall–Kier alpha value is -2.02. The van der Waals surface area contributed by atoms with Crippen molar-refractivity contribution in [1.82, 2.24) is 14.8 Å². The molecule has 1 heterocycles. The molecule has 5 nitrogen and oxygen atoms in total. The number of rotatable bonds is 10. The smallest absolute Gasteiger partial charge is 0.191 e. The van der Waals surface area contributed by atoms with Crippen LogP contribution in [0.25, 0.3) is 11.4 Å². The number of halogens is 1. The molecule has 0 aliphatic carbocycles. The number of aryl methyl sites for hydroxylation is 1. The van der Waals surface area contributed by atoms with Crippen molar-refractivity contribution >= 4 is 23.4 Å². The second-order valence-electron chi connectivity index (χ2n) is 6.30. The summed E-state index contributed by atoms with van der Waals surface area (Å²) in [6.45, 7) is 4.10. The third-order valence-corrected chi connectivity index (χ3v) is 5.40. The lowest BCUT2D eigenvalue weighted by Crippen LogP contribution is -2.07. The fourth-order valence-electron chi connectivity index (χ4n) is 2.80. The van der Waals surface area contributed by atoms with Crippen molar-refractivity contribution in [3.63, 3.8) is 0 Å². The zero-order valence-corrected chi connectivity index (χ0v) is 17.7. The Balaban J connectivity index is 1.68. The molecular formula is C21H24ClN3O2S. The first-order chi connectivity index (χ1) is 13.7. The zero-order chi connectivity index (χ0) is 19.8. The lowest BCUT2D eigenvalue weighted by Gasteiger charge is -2.11. The summed E-state index contributed by atoms with van der Waals surface area (Å²) in [5.74, 6) is 2.45. The molecule has 0 aliphatic rings. The maximum absolute atomic E-state index is 6.38. The van der Waals surface area contributed by atoms with E-state index in [0.717, 1.165) is 41.0 Å². The van der Waals surface area contributed by atoms with Crippen LogP contribution in [0.3, 0.4) is 0 Å². The van der Waals surface area contributed by atoms with Crippen LogP contribution in [0.4, 0.5) is 0 Å². The molecule has 0 aliphatic heterocycles. The van der Waals surface area contributed by atoms with Gasteiger partial charge >= 0.3 is 0 Å². The molecule has 0 bridgehead atoms. The van der Waals surface area contributed by atoms with Gasteiger partial charge in [0.25, 0.3) is 0 Å². The molecule has 3 aromatic rings. The minimum atomic E-state index is 0.598. The number of hydrogen-bond acceptors (Lipinski definition) is 5. The largest absolute Gasteiger partial charge is 0.493 e. The molecule has 0 spiro atoms. The molecular weight excluding hydrogens is 394 g/mol. The highest BCUT2D eigenvalue weighted by atomic mass is 35.5. The van der Waals surface area contributed by atoms with Gasteiger partial charge in [0.1, 0.15) is 5.75 Å². The molecule has 0 N–H and O–H groups in total. The lowest BCUT2D eigenvalue weighted by atomic mass is 10.2. The molecule has 0 unspecified atom stereocenters. The average molecular weight is 418 g/mol. The van der Waals surface area contributed by atoms with E-state index in [1.807, 2.05) is 42.5 Å². The van der Waals surface area contributed by atoms with E-state index < -0.39 is 0 Å². The summed E-state index contributed by atoms with van der Waals surface area (Å²) in [5, 5.41) is 10.3. The van der Waals surface area contributed by atoms with Gasteiger partial charge in [0.05, 0.1) is 11.6 Å². The summed E-state index contributed by atoms with van der Waals surface area (Å²) in [6, 6.07) is 15.8. The van der Waals surface area contributed by atoms with Crippen LogP contribution in [0, 0.1) is 6.92 Å². The van der Waals surface area contributed by atoms with E-state index in [1.165, 1.54) is 5.56 Å². The second-order valence-corrected chi connectivity index (χ2v) is 7.77. The van der Waals surface area contributed by atoms with Crippen LogP contribution < -0.4 is 4.74 Å². The first kappa shape index (κ1) is 20.7. The van der Waals surface area contributed by atoms with Gasteiger partial charge in [-0.1, -0.05) is 47.6 Å². The van der Waals surface area contributed by atoms with E-state index in [1.54, 1.807) is 18.9 Å². The maximum Gasteiger partial charge on any atom is 0.191 e. The fraction of sp³-hybridized carbons (Fsp3) is 0.333. The van der Waals surface area contributed by atoms with Crippen LogP contribution in [-0.2, 0) is 11.3 Å². The summed E-state index contributed by atoms with van der Waals surface area (Å²) in [5.41, 5.74) is 2.07. The van der Waals surface area contributed by atoms with Gasteiger partial charge in [-0.05, 0) is 43.2 Å². The molecule has 3 rings (SSSR count). The van der Waals surface area contributed by atoms with Gasteiger partial charge in [0, 0.05) is 31.6 Å². The molecule has 1 aromatic heterocycles. The summed E-state index contributed by atoms with van der Waals surface area (Å²) in [7, 11) is 1.71. The number of nitrogens with zero attached hydrogens (tertiary/aromatic N) is 3. The molecule has 0 fully saturated rings. The van der Waals surface area contributed by atoms with Crippen LogP contribution in [0.1, 0.15) is 12.0 Å². The highest BCUT2D eigenvalue weighted by Gasteiger charge is 2.16. The number of thioether (sulfide) groups is 1. The maximum atomic E-state index is 6.38. The lowest BCUT2D eigenvalue weighted by molar-refractivity contribution is 0.189. The second kappa shape index (κ2) is 10.5. The summed E-state index contributed by atoms with van der Waals surface area (Å²) >= 11 is 8.01. The number of benzene rings is 2. The highest BCUT2D eigenvalue weighted by Crippen LogP contribution is 2.29. The Morgan fingerprint density at radius 1 is 1.07 bits per heavy atom. The van der Waals surface area contributed by atoms with Crippen LogP contribution in [-0.4, -0.2) is 40.8 Å². The van der Waals surface area contributed by atoms with Gasteiger partial charge in [0.2, 0.25) is 0 Å². The molecule has 0 radical (unpaired) electrons. The Bertz CT molecular complexity index is 901. The first-order valence-corrected chi connectivity index (χ1v) is 10.5. The average Bonchev–Trinajstić information content (AvgIpc) is 3.08. The van der Waals surface area contributed by atoms with E-state index >= 15 is 0 Å². The van der Waals surface area contributed by atoms with E-state index in [4.69, 9.17) is 21.1 Å². The monoisotopic (exact) mass is 417 g/mol. The van der Waals surface area contributed by atoms with Crippen molar-refractivity contribution in [2.75, 3.05) is 26.1 Å². The number of aromatic nitrogens is 3. The fourth-order valence-corrected chi connectivity index (χ4v) is 3.81. The van der Waals surface area contributed by atoms with Crippen molar-refractivity contribution in [3.05, 3.63) is 59.1 Å². The molecule has 148 valence electrons. The summed E-state index contributed by atoms with van der Waals surface area (Å²) in [6.07, 6.45) is 0.874. The molecule has 0 saturated heterocycles. The van der Waals surface area contributed by atoms with Crippen LogP contribution in [0.2, 0.25) is 5.02 Å². The third-order valence-electron chi connectivity index (χ3n) is 4.13. The molecule has 0 amide bonds. The zero-order valence-electron chi connectivity index (χ0n) is 16.1. The molecule has 7 heteroatoms. The number of ether oxygens (including phenoxy) is 2. The summed E-state index contributed by atoms with van der Waals surface area (Å²) < 4.78 is 13.1. The Labute approximate surface area is 175 Å². The first-order valence-electron chi connectivity index (χ1n) is 9.18. The van der Waals surface area contributed by atoms with Gasteiger partial charge in [-0.3, -0.25) is 0 Å². The van der Waals surface area contributed by atoms with E-state index in [9.17, 15) is 0 Å². The predicted molar refractivity (Wildman–Crippen MR) is 114 cm³/mol. The van der Waals surface area contributed by atoms with Crippen molar-refractivity contribution < 1.29 is 9.47 Å². The van der Waals surface area contributed by atoms with Crippen LogP contribution in [0.5, 0.6) is 5.75 Å². The van der Waals surface area contributed by atoms with Crippen molar-refractivity contribution in [2.45, 2.75) is 25.0 Å². The van der Waals surface area contributed by atoms with Crippen molar-refractivity contribution in [3.8, 4) is 17.1 Å². The topological polar surface area (TPSA) is 49.2 Å². The molecule has 0 saturated carbocycles. The third kappa shape index (κ3) is 5.50. The standard InChI is InChI=1S/C21H24ClN3O2S/c1-16-7-5-8-17(15-16)27-13-14-28-21-24-23-20(25(21)11-6-12-26-2)18-9-3-4-10-19(18)22/h3-5,7-10,15H,6,11-14H2,1-2H3. The van der Waals surface area contributed by atoms with E-state index in [2.05, 4.69) is 27.8 Å². The SMILES string of the molecule is COCCCn1c(SCCOc2cccc(C)c2)nnc1-c1ccccc1Cl. The van der Waals surface area contributed by atoms with Gasteiger partial charge < -0.3 is 14.0 Å². The quantitative estimate of drug-likeness (QED) is 0.338. The van der Waals surface area contributed by atoms with Crippen LogP contribution >= 0.6 is 23.4 Å². The normalized spacial score (nSPS) is 11.0. The predicted octanol–water partition coefficient (Wildman–Crippen LogP) is 5.11. The van der Waals surface area contributed by atoms with E-state index in [-0.39, 0.29) is 0 Å². The Morgan fingerprint density at radius 3 is 2.71 bits per heavy atom. The molecule has 2 aromatic carbocycles. The minimum Gasteiger partial charge on any atom is -0.493 e. The van der Waals surface area contributed by atoms with Gasteiger partial charge in [-0.2, -0.15) is 0 Å². The van der Waals surface area contributed by atoms with Crippen molar-refractivity contribution in [2.24, 2.45) is 0 Å². The van der Waals surface area contributed by atoms with E-state index in [0.29, 0.717) is 18.2 Å². The number of methoxy groups -OCH3 is 1. The van der Waals surface area contributed by atoms with Gasteiger partial charge in [-0.15, -0.1) is 10.2 Å². The van der Waals surface area contributed by atoms with Crippen LogP contribution in [0.15, 0.2) is 53.7 Å². The van der Waals surface area contributed by atoms with Gasteiger partial charge in [-0.25, -0.2) is 0 Å². The van der Waals surface area contributed by atoms with Crippen molar-refractivity contribution in [1.29, 1.82) is 0 Å². The minimum absolute atomic E-state index is 0.598. The number of hydrogen-bond donors (Lipinski definition) is 0. The summed E-state index contributed by atoms with van der Waals surface area (Å²) in [4.78, 5) is 0. The molecule has 0 atom stereocenters. The Morgan fingerprint density at radius 2 is 1.93 bits per heavy atom. The van der Waals surface area contributed by atoms with Gasteiger partial charge in [0.15, 0.2) is 11.0 Å². The highest BCUT2D eigenvalue weighted by molar-refractivity contribution is 7.99.